The lowest BCUT2D eigenvalue weighted by molar-refractivity contribution is 0.0932. The van der Waals surface area contributed by atoms with Crippen LogP contribution in [0.25, 0.3) is 0 Å². The molecule has 29 heavy (non-hydrogen) atoms. The van der Waals surface area contributed by atoms with Crippen LogP contribution in [-0.4, -0.2) is 47.9 Å². The molecule has 8 heteroatoms. The molecule has 1 aliphatic carbocycles. The van der Waals surface area contributed by atoms with E-state index in [1.165, 1.54) is 0 Å². The van der Waals surface area contributed by atoms with Gasteiger partial charge in [-0.05, 0) is 43.7 Å². The van der Waals surface area contributed by atoms with Crippen molar-refractivity contribution in [2.24, 2.45) is 5.92 Å². The van der Waals surface area contributed by atoms with Gasteiger partial charge in [-0.2, -0.15) is 0 Å². The number of nitrogens with zero attached hydrogens (tertiary/aromatic N) is 3. The molecule has 1 atom stereocenters. The molecule has 2 aromatic heterocycles. The first-order valence-corrected chi connectivity index (χ1v) is 11.8. The van der Waals surface area contributed by atoms with Crippen molar-refractivity contribution in [3.63, 3.8) is 0 Å². The number of hydrogen-bond acceptors (Lipinski definition) is 6. The first-order chi connectivity index (χ1) is 14.0. The fourth-order valence-corrected chi connectivity index (χ4v) is 5.62. The molecule has 0 aromatic carbocycles. The number of hydrogen-bond donors (Lipinski definition) is 0. The van der Waals surface area contributed by atoms with Crippen LogP contribution in [0.1, 0.15) is 37.1 Å². The summed E-state index contributed by atoms with van der Waals surface area (Å²) in [6.07, 6.45) is 12.8. The molecule has 1 saturated carbocycles. The lowest BCUT2D eigenvalue weighted by Crippen LogP contribution is -2.27. The van der Waals surface area contributed by atoms with E-state index < -0.39 is 9.84 Å². The van der Waals surface area contributed by atoms with Crippen molar-refractivity contribution in [2.45, 2.75) is 56.6 Å². The zero-order valence-corrected chi connectivity index (χ0v) is 17.3. The summed E-state index contributed by atoms with van der Waals surface area (Å²) < 4.78 is 39.0. The van der Waals surface area contributed by atoms with E-state index in [-0.39, 0.29) is 22.9 Å². The zero-order chi connectivity index (χ0) is 20.3. The van der Waals surface area contributed by atoms with Crippen molar-refractivity contribution >= 4 is 9.84 Å². The van der Waals surface area contributed by atoms with Crippen LogP contribution < -0.4 is 0 Å². The molecule has 156 valence electrons. The standard InChI is InChI=1S/C21H27N3O4S/c1-2-9-23(14-19-5-3-10-27-19)13-18-12-22-21(29(25,26)16-17-7-8-17)24(18)15-20-6-4-11-28-20/h1,3,5,10,12,17,20H,4,6-9,11,13-16H2/t20-/m0/s1. The Labute approximate surface area is 172 Å². The molecule has 2 aromatic rings. The Hall–Kier alpha value is -2.08. The average Bonchev–Trinajstić information content (AvgIpc) is 3.11. The average molecular weight is 418 g/mol. The van der Waals surface area contributed by atoms with Gasteiger partial charge >= 0.3 is 0 Å². The number of terminal acetylenes is 1. The lowest BCUT2D eigenvalue weighted by atomic mass is 10.2. The highest BCUT2D eigenvalue weighted by molar-refractivity contribution is 7.91. The molecule has 1 saturated heterocycles. The summed E-state index contributed by atoms with van der Waals surface area (Å²) in [6.45, 7) is 2.69. The summed E-state index contributed by atoms with van der Waals surface area (Å²) in [5, 5.41) is 0.161. The quantitative estimate of drug-likeness (QED) is 0.553. The number of imidazole rings is 1. The van der Waals surface area contributed by atoms with E-state index in [0.29, 0.717) is 26.2 Å². The third kappa shape index (κ3) is 5.10. The van der Waals surface area contributed by atoms with Crippen LogP contribution in [0.3, 0.4) is 0 Å². The molecular formula is C21H27N3O4S. The Kier molecular flexibility index (Phi) is 6.09. The van der Waals surface area contributed by atoms with Gasteiger partial charge in [0.05, 0.1) is 49.6 Å². The monoisotopic (exact) mass is 417 g/mol. The minimum Gasteiger partial charge on any atom is -0.468 e. The van der Waals surface area contributed by atoms with E-state index >= 15 is 0 Å². The highest BCUT2D eigenvalue weighted by Gasteiger charge is 2.33. The first-order valence-electron chi connectivity index (χ1n) is 10.1. The van der Waals surface area contributed by atoms with Crippen LogP contribution in [0.2, 0.25) is 0 Å². The number of ether oxygens (including phenoxy) is 1. The molecule has 0 spiro atoms. The smallest absolute Gasteiger partial charge is 0.227 e. The van der Waals surface area contributed by atoms with Crippen molar-refractivity contribution in [1.29, 1.82) is 0 Å². The second-order valence-corrected chi connectivity index (χ2v) is 9.86. The Balaban J connectivity index is 1.59. The predicted octanol–water partition coefficient (Wildman–Crippen LogP) is 2.47. The number of sulfone groups is 1. The van der Waals surface area contributed by atoms with Crippen molar-refractivity contribution in [1.82, 2.24) is 14.5 Å². The van der Waals surface area contributed by atoms with Gasteiger partial charge in [-0.25, -0.2) is 13.4 Å². The van der Waals surface area contributed by atoms with E-state index in [1.807, 2.05) is 21.6 Å². The molecule has 0 unspecified atom stereocenters. The van der Waals surface area contributed by atoms with Gasteiger partial charge < -0.3 is 13.7 Å². The van der Waals surface area contributed by atoms with Gasteiger partial charge in [0.1, 0.15) is 5.76 Å². The number of rotatable bonds is 10. The van der Waals surface area contributed by atoms with E-state index in [4.69, 9.17) is 15.6 Å². The highest BCUT2D eigenvalue weighted by atomic mass is 32.2. The van der Waals surface area contributed by atoms with Crippen molar-refractivity contribution < 1.29 is 17.6 Å². The summed E-state index contributed by atoms with van der Waals surface area (Å²) in [6, 6.07) is 3.74. The summed E-state index contributed by atoms with van der Waals surface area (Å²) in [7, 11) is -3.43. The fraction of sp³-hybridized carbons (Fsp3) is 0.571. The lowest BCUT2D eigenvalue weighted by Gasteiger charge is -2.21. The molecule has 0 bridgehead atoms. The number of aromatic nitrogens is 2. The third-order valence-electron chi connectivity index (χ3n) is 5.40. The normalized spacial score (nSPS) is 19.7. The molecule has 2 aliphatic rings. The fourth-order valence-electron chi connectivity index (χ4n) is 3.77. The van der Waals surface area contributed by atoms with Gasteiger partial charge in [-0.1, -0.05) is 5.92 Å². The zero-order valence-electron chi connectivity index (χ0n) is 16.5. The highest BCUT2D eigenvalue weighted by Crippen LogP contribution is 2.32. The molecule has 2 fully saturated rings. The van der Waals surface area contributed by atoms with E-state index in [0.717, 1.165) is 43.7 Å². The van der Waals surface area contributed by atoms with Crippen LogP contribution in [-0.2, 0) is 34.2 Å². The van der Waals surface area contributed by atoms with Crippen LogP contribution >= 0.6 is 0 Å². The molecule has 7 nitrogen and oxygen atoms in total. The molecule has 4 rings (SSSR count). The Morgan fingerprint density at radius 2 is 2.17 bits per heavy atom. The van der Waals surface area contributed by atoms with Crippen molar-refractivity contribution in [2.75, 3.05) is 18.9 Å². The van der Waals surface area contributed by atoms with Crippen LogP contribution in [0.5, 0.6) is 0 Å². The molecule has 1 aliphatic heterocycles. The van der Waals surface area contributed by atoms with E-state index in [2.05, 4.69) is 10.9 Å². The van der Waals surface area contributed by atoms with Crippen LogP contribution in [0.15, 0.2) is 34.2 Å². The van der Waals surface area contributed by atoms with Gasteiger partial charge in [0.15, 0.2) is 0 Å². The van der Waals surface area contributed by atoms with Gasteiger partial charge in [-0.15, -0.1) is 6.42 Å². The SMILES string of the molecule is C#CCN(Cc1ccco1)Cc1cnc(S(=O)(=O)CC2CC2)n1C[C@@H]1CCCO1. The third-order valence-corrected chi connectivity index (χ3v) is 7.19. The van der Waals surface area contributed by atoms with Gasteiger partial charge in [-0.3, -0.25) is 4.90 Å². The second-order valence-electron chi connectivity index (χ2n) is 7.93. The van der Waals surface area contributed by atoms with Gasteiger partial charge in [0.25, 0.3) is 0 Å². The Morgan fingerprint density at radius 1 is 1.31 bits per heavy atom. The first kappa shape index (κ1) is 20.2. The molecular weight excluding hydrogens is 390 g/mol. The van der Waals surface area contributed by atoms with E-state index in [1.54, 1.807) is 12.5 Å². The largest absolute Gasteiger partial charge is 0.468 e. The minimum absolute atomic E-state index is 0.0176. The van der Waals surface area contributed by atoms with Crippen molar-refractivity contribution in [3.8, 4) is 12.3 Å². The summed E-state index contributed by atoms with van der Waals surface area (Å²) >= 11 is 0. The van der Waals surface area contributed by atoms with Gasteiger partial charge in [0.2, 0.25) is 15.0 Å². The van der Waals surface area contributed by atoms with Gasteiger partial charge in [0, 0.05) is 13.2 Å². The molecule has 0 N–H and O–H groups in total. The van der Waals surface area contributed by atoms with Crippen LogP contribution in [0.4, 0.5) is 0 Å². The maximum atomic E-state index is 13.0. The second kappa shape index (κ2) is 8.74. The Morgan fingerprint density at radius 3 is 2.83 bits per heavy atom. The summed E-state index contributed by atoms with van der Waals surface area (Å²) in [5.74, 6) is 3.94. The van der Waals surface area contributed by atoms with Crippen molar-refractivity contribution in [3.05, 3.63) is 36.0 Å². The minimum atomic E-state index is -3.43. The summed E-state index contributed by atoms with van der Waals surface area (Å²) in [4.78, 5) is 6.38. The Bertz CT molecular complexity index is 949. The predicted molar refractivity (Wildman–Crippen MR) is 108 cm³/mol. The maximum Gasteiger partial charge on any atom is 0.227 e. The number of furan rings is 1. The maximum absolute atomic E-state index is 13.0. The molecule has 3 heterocycles. The topological polar surface area (TPSA) is 77.6 Å². The molecule has 0 radical (unpaired) electrons. The van der Waals surface area contributed by atoms with Crippen LogP contribution in [0, 0.1) is 18.3 Å². The van der Waals surface area contributed by atoms with E-state index in [9.17, 15) is 8.42 Å². The molecule has 0 amide bonds. The summed E-state index contributed by atoms with van der Waals surface area (Å²) in [5.41, 5.74) is 0.830.